The number of carbonyl (C=O) groups excluding carboxylic acids is 3. The Kier molecular flexibility index (Phi) is 13.1. The number of likely N-dealkylation sites (tertiary alicyclic amines) is 1. The van der Waals surface area contributed by atoms with Crippen LogP contribution in [0.3, 0.4) is 0 Å². The second kappa shape index (κ2) is 17.8. The van der Waals surface area contributed by atoms with Crippen molar-refractivity contribution in [3.05, 3.63) is 46.0 Å². The van der Waals surface area contributed by atoms with E-state index in [0.717, 1.165) is 89.8 Å². The van der Waals surface area contributed by atoms with Crippen molar-refractivity contribution in [2.75, 3.05) is 49.5 Å². The van der Waals surface area contributed by atoms with Crippen molar-refractivity contribution < 1.29 is 19.5 Å². The molecule has 0 radical (unpaired) electrons. The van der Waals surface area contributed by atoms with Crippen LogP contribution in [0.4, 0.5) is 17.5 Å². The molecular weight excluding hydrogens is 711 g/mol. The van der Waals surface area contributed by atoms with E-state index in [4.69, 9.17) is 4.98 Å². The number of nitrogens with zero attached hydrogens (tertiary/aromatic N) is 7. The zero-order valence-corrected chi connectivity index (χ0v) is 34.1. The van der Waals surface area contributed by atoms with Gasteiger partial charge in [0.1, 0.15) is 17.5 Å². The van der Waals surface area contributed by atoms with Crippen LogP contribution < -0.4 is 21.1 Å². The van der Waals surface area contributed by atoms with Gasteiger partial charge in [-0.05, 0) is 82.5 Å². The molecule has 0 bridgehead atoms. The summed E-state index contributed by atoms with van der Waals surface area (Å²) in [6.45, 7) is 16.2. The van der Waals surface area contributed by atoms with E-state index in [1.54, 1.807) is 22.6 Å². The van der Waals surface area contributed by atoms with Gasteiger partial charge in [-0.2, -0.15) is 4.98 Å². The molecule has 2 aliphatic heterocycles. The number of aromatic nitrogens is 4. The second-order valence-electron chi connectivity index (χ2n) is 17.2. The van der Waals surface area contributed by atoms with E-state index in [-0.39, 0.29) is 40.8 Å². The molecule has 56 heavy (non-hydrogen) atoms. The number of aliphatic hydroxyl groups excluding tert-OH is 1. The molecule has 304 valence electrons. The van der Waals surface area contributed by atoms with E-state index in [0.29, 0.717) is 47.7 Å². The average Bonchev–Trinajstić information content (AvgIpc) is 3.81. The van der Waals surface area contributed by atoms with Crippen molar-refractivity contribution in [2.45, 2.75) is 130 Å². The molecule has 6 rings (SSSR count). The lowest BCUT2D eigenvalue weighted by molar-refractivity contribution is -0.140. The summed E-state index contributed by atoms with van der Waals surface area (Å²) in [5.74, 6) is 0.524. The number of unbranched alkanes of at least 4 members (excludes halogenated alkanes) is 3. The number of anilines is 3. The Morgan fingerprint density at radius 3 is 2.32 bits per heavy atom. The van der Waals surface area contributed by atoms with E-state index in [1.165, 1.54) is 6.92 Å². The first-order chi connectivity index (χ1) is 26.7. The van der Waals surface area contributed by atoms with Crippen molar-refractivity contribution in [3.8, 4) is 0 Å². The number of amides is 2. The highest BCUT2D eigenvalue weighted by atomic mass is 16.3. The van der Waals surface area contributed by atoms with Gasteiger partial charge in [-0.3, -0.25) is 28.6 Å². The largest absolute Gasteiger partial charge is 0.391 e. The van der Waals surface area contributed by atoms with Crippen LogP contribution in [-0.2, 0) is 9.59 Å². The minimum atomic E-state index is -0.616. The summed E-state index contributed by atoms with van der Waals surface area (Å²) in [7, 11) is 0. The maximum absolute atomic E-state index is 13.5. The van der Waals surface area contributed by atoms with Crippen molar-refractivity contribution in [3.63, 3.8) is 0 Å². The number of fused-ring (bicyclic) bond motifs is 1. The van der Waals surface area contributed by atoms with Gasteiger partial charge in [0, 0.05) is 62.8 Å². The van der Waals surface area contributed by atoms with Crippen LogP contribution in [0.1, 0.15) is 121 Å². The zero-order valence-electron chi connectivity index (χ0n) is 34.1. The van der Waals surface area contributed by atoms with Gasteiger partial charge in [0.2, 0.25) is 17.8 Å². The third kappa shape index (κ3) is 9.56. The van der Waals surface area contributed by atoms with Crippen LogP contribution in [0.2, 0.25) is 0 Å². The molecule has 1 saturated carbocycles. The summed E-state index contributed by atoms with van der Waals surface area (Å²) in [5.41, 5.74) is 1.75. The van der Waals surface area contributed by atoms with Crippen molar-refractivity contribution in [1.29, 1.82) is 0 Å². The lowest BCUT2D eigenvalue weighted by Gasteiger charge is -2.36. The molecule has 3 atom stereocenters. The molecule has 2 amide bonds. The Morgan fingerprint density at radius 1 is 0.982 bits per heavy atom. The molecule has 3 aromatic rings. The molecule has 14 nitrogen and oxygen atoms in total. The van der Waals surface area contributed by atoms with Gasteiger partial charge in [-0.15, -0.1) is 0 Å². The van der Waals surface area contributed by atoms with Gasteiger partial charge in [-0.1, -0.05) is 46.5 Å². The van der Waals surface area contributed by atoms with Crippen LogP contribution >= 0.6 is 0 Å². The van der Waals surface area contributed by atoms with Gasteiger partial charge in [0.25, 0.3) is 5.56 Å². The topological polar surface area (TPSA) is 166 Å². The average molecular weight is 772 g/mol. The monoisotopic (exact) mass is 771 g/mol. The molecule has 14 heteroatoms. The number of pyridine rings is 2. The smallest absolute Gasteiger partial charge is 0.263 e. The summed E-state index contributed by atoms with van der Waals surface area (Å²) < 4.78 is 1.72. The van der Waals surface area contributed by atoms with Gasteiger partial charge in [0.15, 0.2) is 5.78 Å². The Balaban J connectivity index is 0.931. The first-order valence-corrected chi connectivity index (χ1v) is 20.6. The molecule has 5 heterocycles. The quantitative estimate of drug-likeness (QED) is 0.147. The molecule has 2 saturated heterocycles. The zero-order chi connectivity index (χ0) is 40.1. The molecule has 3 N–H and O–H groups in total. The van der Waals surface area contributed by atoms with Crippen molar-refractivity contribution in [1.82, 2.24) is 34.6 Å². The summed E-state index contributed by atoms with van der Waals surface area (Å²) in [6, 6.07) is 3.34. The number of aryl methyl sites for hydroxylation is 1. The molecule has 3 fully saturated rings. The second-order valence-corrected chi connectivity index (χ2v) is 17.2. The first-order valence-electron chi connectivity index (χ1n) is 20.6. The van der Waals surface area contributed by atoms with Gasteiger partial charge < -0.3 is 25.5 Å². The molecule has 3 aliphatic rings. The van der Waals surface area contributed by atoms with Gasteiger partial charge >= 0.3 is 0 Å². The summed E-state index contributed by atoms with van der Waals surface area (Å²) in [5, 5.41) is 17.0. The first kappa shape index (κ1) is 41.2. The van der Waals surface area contributed by atoms with Crippen LogP contribution in [-0.4, -0.2) is 109 Å². The number of piperazine rings is 1. The number of rotatable bonds is 14. The van der Waals surface area contributed by atoms with E-state index in [1.807, 2.05) is 40.0 Å². The van der Waals surface area contributed by atoms with Gasteiger partial charge in [-0.25, -0.2) is 9.97 Å². The molecule has 1 aliphatic carbocycles. The van der Waals surface area contributed by atoms with E-state index in [9.17, 15) is 24.3 Å². The maximum atomic E-state index is 13.5. The van der Waals surface area contributed by atoms with Crippen molar-refractivity contribution in [2.24, 2.45) is 5.41 Å². The number of hydrogen-bond acceptors (Lipinski definition) is 11. The number of β-amino-alcohol motifs (C(OH)–C–C–N with tert-alkyl or cyclic N) is 1. The van der Waals surface area contributed by atoms with Crippen molar-refractivity contribution >= 4 is 46.1 Å². The Hall–Kier alpha value is -4.43. The highest BCUT2D eigenvalue weighted by molar-refractivity contribution is 5.99. The lowest BCUT2D eigenvalue weighted by Crippen LogP contribution is -2.55. The summed E-state index contributed by atoms with van der Waals surface area (Å²) in [4.78, 5) is 72.7. The predicted octanol–water partition coefficient (Wildman–Crippen LogP) is 5.14. The fraction of sp³-hybridized carbons (Fsp3) is 0.643. The highest BCUT2D eigenvalue weighted by Crippen LogP contribution is 2.32. The van der Waals surface area contributed by atoms with E-state index < -0.39 is 17.6 Å². The van der Waals surface area contributed by atoms with Crippen LogP contribution in [0, 0.1) is 12.3 Å². The third-order valence-corrected chi connectivity index (χ3v) is 11.9. The van der Waals surface area contributed by atoms with Crippen LogP contribution in [0.5, 0.6) is 0 Å². The number of hydrogen-bond donors (Lipinski definition) is 3. The molecular formula is C42H61N9O5. The lowest BCUT2D eigenvalue weighted by atomic mass is 9.85. The highest BCUT2D eigenvalue weighted by Gasteiger charge is 2.40. The minimum absolute atomic E-state index is 0.0168. The normalized spacial score (nSPS) is 20.1. The fourth-order valence-corrected chi connectivity index (χ4v) is 8.63. The summed E-state index contributed by atoms with van der Waals surface area (Å²) >= 11 is 0. The molecule has 0 unspecified atom stereocenters. The van der Waals surface area contributed by atoms with Crippen LogP contribution in [0.25, 0.3) is 11.0 Å². The van der Waals surface area contributed by atoms with Gasteiger partial charge in [0.05, 0.1) is 23.6 Å². The Bertz CT molecular complexity index is 1930. The summed E-state index contributed by atoms with van der Waals surface area (Å²) in [6.07, 6.45) is 11.8. The van der Waals surface area contributed by atoms with Crippen LogP contribution in [0.15, 0.2) is 29.3 Å². The maximum Gasteiger partial charge on any atom is 0.263 e. The molecule has 0 aromatic carbocycles. The Morgan fingerprint density at radius 2 is 1.70 bits per heavy atom. The predicted molar refractivity (Wildman–Crippen MR) is 218 cm³/mol. The Labute approximate surface area is 330 Å². The number of carbonyl (C=O) groups is 3. The standard InChI is InChI=1S/C42H61N9O5/c1-27-23-32(53)26-50(27)40(56)37(42(4,5)6)46-35(54)15-9-7-8-12-18-48-19-21-49(22-20-48)31-16-17-34(43-24-31)45-41-44-25-33-28(2)36(29(3)52)39(55)51(38(33)47-41)30-13-10-11-14-30/h16-17,24-25,27,30,32,37,53H,7-15,18-23,26H2,1-6H3,(H,46,54)(H,43,44,45,47)/t27-,32-,37-/m1/s1. The number of nitrogens with one attached hydrogen (secondary N) is 2. The van der Waals surface area contributed by atoms with E-state index >= 15 is 0 Å². The molecule has 0 spiro atoms. The number of Topliss-reactive ketones (excluding diaryl/α,β-unsaturated/α-hetero) is 1. The van der Waals surface area contributed by atoms with E-state index in [2.05, 4.69) is 36.5 Å². The minimum Gasteiger partial charge on any atom is -0.391 e. The SMILES string of the molecule is CC(=O)c1c(C)c2cnc(Nc3ccc(N4CCN(CCCCCCC(=O)N[C@H](C(=O)N5C[C@H](O)C[C@H]5C)C(C)(C)C)CC4)cn3)nc2n(C2CCCC2)c1=O. The third-order valence-electron chi connectivity index (χ3n) is 11.9. The number of ketones is 1. The number of aliphatic hydroxyl groups is 1. The fourth-order valence-electron chi connectivity index (χ4n) is 8.63. The molecule has 3 aromatic heterocycles.